The van der Waals surface area contributed by atoms with Gasteiger partial charge in [-0.1, -0.05) is 5.01 Å². The third-order valence-corrected chi connectivity index (χ3v) is 1.58. The Labute approximate surface area is 62.5 Å². The van der Waals surface area contributed by atoms with Crippen molar-refractivity contribution in [2.45, 2.75) is 18.9 Å². The van der Waals surface area contributed by atoms with Gasteiger partial charge in [0.05, 0.1) is 6.54 Å². The summed E-state index contributed by atoms with van der Waals surface area (Å²) < 4.78 is 0. The number of nitro groups is 1. The summed E-state index contributed by atoms with van der Waals surface area (Å²) in [7, 11) is 0. The third kappa shape index (κ3) is 1.45. The molecule has 0 spiro atoms. The first kappa shape index (κ1) is 7.93. The first-order valence-electron chi connectivity index (χ1n) is 3.26. The lowest BCUT2D eigenvalue weighted by Gasteiger charge is -2.20. The maximum absolute atomic E-state index is 10.8. The highest BCUT2D eigenvalue weighted by atomic mass is 16.7. The molecule has 1 atom stereocenters. The van der Waals surface area contributed by atoms with Crippen LogP contribution in [0, 0.1) is 10.1 Å². The summed E-state index contributed by atoms with van der Waals surface area (Å²) >= 11 is 0. The van der Waals surface area contributed by atoms with Crippen molar-refractivity contribution >= 4 is 5.91 Å². The zero-order valence-corrected chi connectivity index (χ0v) is 5.77. The Morgan fingerprint density at radius 2 is 2.36 bits per heavy atom. The molecule has 62 valence electrons. The molecule has 0 aromatic carbocycles. The Hall–Kier alpha value is -1.17. The number of piperidine rings is 1. The predicted octanol–water partition coefficient (Wildman–Crippen LogP) is -0.839. The quantitative estimate of drug-likeness (QED) is 0.400. The number of hydrogen-bond donors (Lipinski definition) is 1. The Morgan fingerprint density at radius 1 is 1.73 bits per heavy atom. The van der Waals surface area contributed by atoms with Crippen molar-refractivity contribution in [2.75, 3.05) is 6.54 Å². The molecule has 1 amide bonds. The van der Waals surface area contributed by atoms with Gasteiger partial charge in [-0.2, -0.15) is 0 Å². The second kappa shape index (κ2) is 2.83. The standard InChI is InChI=1S/C5H8N2O4/c8-4-2-1-3-6(5(4)9)7(10)11/h4,8H,1-3H2. The molecule has 1 unspecified atom stereocenters. The van der Waals surface area contributed by atoms with Gasteiger partial charge in [0.2, 0.25) is 0 Å². The highest BCUT2D eigenvalue weighted by Crippen LogP contribution is 2.10. The number of rotatable bonds is 1. The number of aliphatic hydroxyl groups excluding tert-OH is 1. The number of hydrogen-bond acceptors (Lipinski definition) is 4. The van der Waals surface area contributed by atoms with Crippen LogP contribution in [0.5, 0.6) is 0 Å². The zero-order valence-electron chi connectivity index (χ0n) is 5.77. The monoisotopic (exact) mass is 160 g/mol. The van der Waals surface area contributed by atoms with E-state index in [4.69, 9.17) is 5.11 Å². The molecule has 1 aliphatic heterocycles. The summed E-state index contributed by atoms with van der Waals surface area (Å²) in [6.45, 7) is 0.100. The van der Waals surface area contributed by atoms with Gasteiger partial charge >= 0.3 is 5.91 Å². The molecule has 1 aliphatic rings. The van der Waals surface area contributed by atoms with Gasteiger partial charge in [-0.3, -0.25) is 4.79 Å². The lowest BCUT2D eigenvalue weighted by Crippen LogP contribution is -2.47. The molecular weight excluding hydrogens is 152 g/mol. The molecule has 0 radical (unpaired) electrons. The maximum Gasteiger partial charge on any atom is 0.311 e. The largest absolute Gasteiger partial charge is 0.383 e. The first-order chi connectivity index (χ1) is 5.13. The van der Waals surface area contributed by atoms with E-state index in [-0.39, 0.29) is 6.54 Å². The van der Waals surface area contributed by atoms with Crippen molar-refractivity contribution in [1.29, 1.82) is 0 Å². The van der Waals surface area contributed by atoms with Crippen molar-refractivity contribution in [3.8, 4) is 0 Å². The van der Waals surface area contributed by atoms with Crippen LogP contribution in [-0.4, -0.2) is 33.7 Å². The Bertz CT molecular complexity index is 193. The summed E-state index contributed by atoms with van der Waals surface area (Å²) in [6, 6.07) is 0. The summed E-state index contributed by atoms with van der Waals surface area (Å²) in [4.78, 5) is 20.9. The Kier molecular flexibility index (Phi) is 2.04. The Balaban J connectivity index is 2.66. The average Bonchev–Trinajstić information content (AvgIpc) is 1.94. The molecule has 1 saturated heterocycles. The van der Waals surface area contributed by atoms with Crippen LogP contribution >= 0.6 is 0 Å². The van der Waals surface area contributed by atoms with E-state index in [2.05, 4.69) is 0 Å². The summed E-state index contributed by atoms with van der Waals surface area (Å²) in [5.74, 6) is -0.804. The van der Waals surface area contributed by atoms with Gasteiger partial charge in [0.1, 0.15) is 6.10 Å². The molecule has 6 nitrogen and oxygen atoms in total. The molecule has 1 fully saturated rings. The average molecular weight is 160 g/mol. The van der Waals surface area contributed by atoms with Crippen molar-refractivity contribution in [3.63, 3.8) is 0 Å². The van der Waals surface area contributed by atoms with Crippen LogP contribution in [0.2, 0.25) is 0 Å². The van der Waals surface area contributed by atoms with Gasteiger partial charge in [0, 0.05) is 0 Å². The third-order valence-electron chi connectivity index (χ3n) is 1.58. The van der Waals surface area contributed by atoms with Crippen LogP contribution in [0.1, 0.15) is 12.8 Å². The van der Waals surface area contributed by atoms with Crippen LogP contribution in [0.25, 0.3) is 0 Å². The van der Waals surface area contributed by atoms with Gasteiger partial charge in [-0.25, -0.2) is 10.1 Å². The van der Waals surface area contributed by atoms with E-state index >= 15 is 0 Å². The van der Waals surface area contributed by atoms with E-state index in [9.17, 15) is 14.9 Å². The van der Waals surface area contributed by atoms with Crippen molar-refractivity contribution in [3.05, 3.63) is 10.1 Å². The number of carbonyl (C=O) groups excluding carboxylic acids is 1. The highest BCUT2D eigenvalue weighted by molar-refractivity contribution is 5.80. The minimum atomic E-state index is -1.19. The minimum Gasteiger partial charge on any atom is -0.383 e. The van der Waals surface area contributed by atoms with E-state index < -0.39 is 17.0 Å². The number of carbonyl (C=O) groups is 1. The zero-order chi connectivity index (χ0) is 8.43. The highest BCUT2D eigenvalue weighted by Gasteiger charge is 2.34. The van der Waals surface area contributed by atoms with Crippen LogP contribution in [-0.2, 0) is 4.79 Å². The summed E-state index contributed by atoms with van der Waals surface area (Å²) in [5, 5.41) is 18.7. The number of hydrazine groups is 1. The fraction of sp³-hybridized carbons (Fsp3) is 0.800. The fourth-order valence-electron chi connectivity index (χ4n) is 1.00. The SMILES string of the molecule is O=C1C(O)CCCN1[N+](=O)[O-]. The minimum absolute atomic E-state index is 0.100. The predicted molar refractivity (Wildman–Crippen MR) is 33.9 cm³/mol. The van der Waals surface area contributed by atoms with Crippen LogP contribution in [0.4, 0.5) is 0 Å². The van der Waals surface area contributed by atoms with Gasteiger partial charge < -0.3 is 5.11 Å². The molecule has 1 heterocycles. The van der Waals surface area contributed by atoms with Crippen LogP contribution < -0.4 is 0 Å². The van der Waals surface area contributed by atoms with Gasteiger partial charge in [0.25, 0.3) is 0 Å². The van der Waals surface area contributed by atoms with Gasteiger partial charge in [0.15, 0.2) is 5.03 Å². The van der Waals surface area contributed by atoms with E-state index in [1.54, 1.807) is 0 Å². The summed E-state index contributed by atoms with van der Waals surface area (Å²) in [5.41, 5.74) is 0. The van der Waals surface area contributed by atoms with Crippen molar-refractivity contribution < 1.29 is 14.9 Å². The molecule has 1 rings (SSSR count). The van der Waals surface area contributed by atoms with E-state index in [0.717, 1.165) is 0 Å². The summed E-state index contributed by atoms with van der Waals surface area (Å²) in [6.07, 6.45) is -0.383. The fourth-order valence-corrected chi connectivity index (χ4v) is 1.00. The first-order valence-corrected chi connectivity index (χ1v) is 3.26. The van der Waals surface area contributed by atoms with Gasteiger partial charge in [-0.05, 0) is 12.8 Å². The van der Waals surface area contributed by atoms with Crippen molar-refractivity contribution in [1.82, 2.24) is 5.01 Å². The van der Waals surface area contributed by atoms with Gasteiger partial charge in [-0.15, -0.1) is 0 Å². The van der Waals surface area contributed by atoms with E-state index in [1.165, 1.54) is 0 Å². The Morgan fingerprint density at radius 3 is 2.82 bits per heavy atom. The number of nitrogens with zero attached hydrogens (tertiary/aromatic N) is 2. The molecule has 0 aromatic heterocycles. The van der Waals surface area contributed by atoms with Crippen molar-refractivity contribution in [2.24, 2.45) is 0 Å². The molecule has 6 heteroatoms. The number of amides is 1. The molecule has 0 aromatic rings. The van der Waals surface area contributed by atoms with Crippen LogP contribution in [0.15, 0.2) is 0 Å². The molecule has 0 bridgehead atoms. The second-order valence-corrected chi connectivity index (χ2v) is 2.36. The lowest BCUT2D eigenvalue weighted by molar-refractivity contribution is -0.636. The second-order valence-electron chi connectivity index (χ2n) is 2.36. The molecule has 0 aliphatic carbocycles. The normalized spacial score (nSPS) is 25.4. The smallest absolute Gasteiger partial charge is 0.311 e. The van der Waals surface area contributed by atoms with E-state index in [0.29, 0.717) is 17.9 Å². The molecular formula is C5H8N2O4. The number of aliphatic hydroxyl groups is 1. The van der Waals surface area contributed by atoms with Crippen LogP contribution in [0.3, 0.4) is 0 Å². The lowest BCUT2D eigenvalue weighted by atomic mass is 10.1. The maximum atomic E-state index is 10.8. The molecule has 1 N–H and O–H groups in total. The van der Waals surface area contributed by atoms with E-state index in [1.807, 2.05) is 0 Å². The topological polar surface area (TPSA) is 83.7 Å². The molecule has 0 saturated carbocycles. The molecule has 11 heavy (non-hydrogen) atoms.